The van der Waals surface area contributed by atoms with Gasteiger partial charge in [-0.1, -0.05) is 12.1 Å². The lowest BCUT2D eigenvalue weighted by Crippen LogP contribution is -2.16. The molecule has 0 amide bonds. The zero-order chi connectivity index (χ0) is 18.1. The standard InChI is InChI=1S/C18H13N3O3S2/c1-24-13-5-2-4-11(16(13)22)8-20-21-10-19-17-15(18(21)23)12(9-26-17)14-6-3-7-25-14/h2-10,22H,1H3/b20-8+. The van der Waals surface area contributed by atoms with Crippen LogP contribution in [0.25, 0.3) is 20.7 Å². The van der Waals surface area contributed by atoms with Crippen LogP contribution in [0.3, 0.4) is 0 Å². The number of aromatic hydroxyl groups is 1. The Labute approximate surface area is 156 Å². The molecule has 6 nitrogen and oxygen atoms in total. The second kappa shape index (κ2) is 6.74. The summed E-state index contributed by atoms with van der Waals surface area (Å²) in [5, 5.41) is 18.8. The van der Waals surface area contributed by atoms with Gasteiger partial charge in [0, 0.05) is 21.4 Å². The highest BCUT2D eigenvalue weighted by atomic mass is 32.1. The van der Waals surface area contributed by atoms with Crippen molar-refractivity contribution in [3.05, 3.63) is 63.3 Å². The predicted molar refractivity (Wildman–Crippen MR) is 105 cm³/mol. The van der Waals surface area contributed by atoms with E-state index in [0.717, 1.165) is 10.4 Å². The van der Waals surface area contributed by atoms with Gasteiger partial charge in [0.15, 0.2) is 11.5 Å². The Bertz CT molecular complexity index is 1160. The van der Waals surface area contributed by atoms with E-state index < -0.39 is 0 Å². The van der Waals surface area contributed by atoms with Gasteiger partial charge in [-0.3, -0.25) is 4.79 Å². The van der Waals surface area contributed by atoms with Crippen LogP contribution < -0.4 is 10.3 Å². The number of aromatic nitrogens is 2. The molecule has 0 aliphatic carbocycles. The first kappa shape index (κ1) is 16.5. The number of hydrogen-bond acceptors (Lipinski definition) is 7. The number of benzene rings is 1. The molecule has 0 unspecified atom stereocenters. The van der Waals surface area contributed by atoms with Gasteiger partial charge in [-0.2, -0.15) is 9.78 Å². The maximum Gasteiger partial charge on any atom is 0.283 e. The number of thiophene rings is 2. The second-order valence-corrected chi connectivity index (χ2v) is 7.15. The molecule has 4 aromatic rings. The summed E-state index contributed by atoms with van der Waals surface area (Å²) in [5.41, 5.74) is 1.06. The molecule has 130 valence electrons. The van der Waals surface area contributed by atoms with Crippen molar-refractivity contribution in [1.82, 2.24) is 9.66 Å². The van der Waals surface area contributed by atoms with E-state index in [1.165, 1.54) is 35.7 Å². The molecule has 3 aromatic heterocycles. The smallest absolute Gasteiger partial charge is 0.283 e. The molecule has 3 heterocycles. The van der Waals surface area contributed by atoms with E-state index in [-0.39, 0.29) is 11.3 Å². The van der Waals surface area contributed by atoms with Gasteiger partial charge in [-0.15, -0.1) is 22.7 Å². The highest BCUT2D eigenvalue weighted by Gasteiger charge is 2.13. The first-order valence-corrected chi connectivity index (χ1v) is 9.38. The third-order valence-electron chi connectivity index (χ3n) is 3.84. The largest absolute Gasteiger partial charge is 0.504 e. The Morgan fingerprint density at radius 2 is 2.15 bits per heavy atom. The summed E-state index contributed by atoms with van der Waals surface area (Å²) < 4.78 is 6.25. The fourth-order valence-corrected chi connectivity index (χ4v) is 4.27. The van der Waals surface area contributed by atoms with Crippen LogP contribution in [0.15, 0.2) is 57.3 Å². The monoisotopic (exact) mass is 383 g/mol. The van der Waals surface area contributed by atoms with Crippen molar-refractivity contribution in [2.75, 3.05) is 7.11 Å². The number of fused-ring (bicyclic) bond motifs is 1. The number of rotatable bonds is 4. The maximum atomic E-state index is 12.9. The van der Waals surface area contributed by atoms with Gasteiger partial charge in [0.1, 0.15) is 11.2 Å². The van der Waals surface area contributed by atoms with Crippen LogP contribution in [0.1, 0.15) is 5.56 Å². The normalized spacial score (nSPS) is 11.4. The summed E-state index contributed by atoms with van der Waals surface area (Å²) in [6.45, 7) is 0. The molecule has 26 heavy (non-hydrogen) atoms. The molecule has 0 fully saturated rings. The van der Waals surface area contributed by atoms with Gasteiger partial charge in [-0.25, -0.2) is 4.98 Å². The lowest BCUT2D eigenvalue weighted by molar-refractivity contribution is 0.373. The number of phenolic OH excluding ortho intramolecular Hbond substituents is 1. The molecule has 0 aliphatic heterocycles. The maximum absolute atomic E-state index is 12.9. The Morgan fingerprint density at radius 3 is 2.92 bits per heavy atom. The Balaban J connectivity index is 1.80. The van der Waals surface area contributed by atoms with Gasteiger partial charge < -0.3 is 9.84 Å². The molecule has 0 radical (unpaired) electrons. The molecular formula is C18H13N3O3S2. The minimum atomic E-state index is -0.252. The van der Waals surface area contributed by atoms with Crippen LogP contribution >= 0.6 is 22.7 Å². The average Bonchev–Trinajstić information content (AvgIpc) is 3.31. The van der Waals surface area contributed by atoms with Gasteiger partial charge in [0.2, 0.25) is 0 Å². The van der Waals surface area contributed by atoms with Crippen molar-refractivity contribution >= 4 is 39.1 Å². The van der Waals surface area contributed by atoms with E-state index in [4.69, 9.17) is 4.74 Å². The van der Waals surface area contributed by atoms with Crippen molar-refractivity contribution in [3.8, 4) is 21.9 Å². The van der Waals surface area contributed by atoms with E-state index >= 15 is 0 Å². The molecule has 0 saturated carbocycles. The molecule has 0 saturated heterocycles. The number of ether oxygens (including phenoxy) is 1. The summed E-state index contributed by atoms with van der Waals surface area (Å²) in [6.07, 6.45) is 2.79. The van der Waals surface area contributed by atoms with Gasteiger partial charge in [0.05, 0.1) is 18.7 Å². The molecule has 4 rings (SSSR count). The van der Waals surface area contributed by atoms with Crippen molar-refractivity contribution in [3.63, 3.8) is 0 Å². The zero-order valence-corrected chi connectivity index (χ0v) is 15.3. The summed E-state index contributed by atoms with van der Waals surface area (Å²) in [6, 6.07) is 8.98. The molecule has 1 N–H and O–H groups in total. The molecular weight excluding hydrogens is 370 g/mol. The third kappa shape index (κ3) is 2.79. The first-order chi connectivity index (χ1) is 12.7. The molecule has 8 heteroatoms. The fourth-order valence-electron chi connectivity index (χ4n) is 2.55. The number of methoxy groups -OCH3 is 1. The van der Waals surface area contributed by atoms with E-state index in [1.54, 1.807) is 29.5 Å². The summed E-state index contributed by atoms with van der Waals surface area (Å²) in [7, 11) is 1.47. The number of para-hydroxylation sites is 1. The Kier molecular flexibility index (Phi) is 4.27. The topological polar surface area (TPSA) is 76.7 Å². The van der Waals surface area contributed by atoms with Crippen LogP contribution in [0, 0.1) is 0 Å². The van der Waals surface area contributed by atoms with Crippen LogP contribution in [-0.2, 0) is 0 Å². The fraction of sp³-hybridized carbons (Fsp3) is 0.0556. The van der Waals surface area contributed by atoms with Crippen LogP contribution in [0.4, 0.5) is 0 Å². The summed E-state index contributed by atoms with van der Waals surface area (Å²) in [5.74, 6) is 0.309. The first-order valence-electron chi connectivity index (χ1n) is 7.62. The van der Waals surface area contributed by atoms with E-state index in [9.17, 15) is 9.90 Å². The molecule has 1 aromatic carbocycles. The van der Waals surface area contributed by atoms with E-state index in [2.05, 4.69) is 10.1 Å². The highest BCUT2D eigenvalue weighted by molar-refractivity contribution is 7.18. The quantitative estimate of drug-likeness (QED) is 0.544. The second-order valence-electron chi connectivity index (χ2n) is 5.34. The van der Waals surface area contributed by atoms with Crippen LogP contribution in [0.5, 0.6) is 11.5 Å². The molecule has 0 spiro atoms. The Morgan fingerprint density at radius 1 is 1.27 bits per heavy atom. The number of nitrogens with zero attached hydrogens (tertiary/aromatic N) is 3. The van der Waals surface area contributed by atoms with E-state index in [0.29, 0.717) is 21.5 Å². The zero-order valence-electron chi connectivity index (χ0n) is 13.6. The van der Waals surface area contributed by atoms with Gasteiger partial charge >= 0.3 is 0 Å². The SMILES string of the molecule is COc1cccc(/C=N/n2cnc3scc(-c4cccs4)c3c2=O)c1O. The van der Waals surface area contributed by atoms with Crippen LogP contribution in [0.2, 0.25) is 0 Å². The summed E-state index contributed by atoms with van der Waals surface area (Å²) >= 11 is 3.00. The van der Waals surface area contributed by atoms with Crippen molar-refractivity contribution < 1.29 is 9.84 Å². The third-order valence-corrected chi connectivity index (χ3v) is 5.63. The minimum absolute atomic E-state index is 0.0318. The number of hydrogen-bond donors (Lipinski definition) is 1. The minimum Gasteiger partial charge on any atom is -0.504 e. The van der Waals surface area contributed by atoms with Crippen molar-refractivity contribution in [2.45, 2.75) is 0 Å². The molecule has 0 bridgehead atoms. The lowest BCUT2D eigenvalue weighted by atomic mass is 10.2. The van der Waals surface area contributed by atoms with Crippen molar-refractivity contribution in [1.29, 1.82) is 0 Å². The predicted octanol–water partition coefficient (Wildman–Crippen LogP) is 3.78. The van der Waals surface area contributed by atoms with Gasteiger partial charge in [-0.05, 0) is 23.6 Å². The lowest BCUT2D eigenvalue weighted by Gasteiger charge is -2.05. The van der Waals surface area contributed by atoms with Gasteiger partial charge in [0.25, 0.3) is 5.56 Å². The van der Waals surface area contributed by atoms with Crippen LogP contribution in [-0.4, -0.2) is 28.1 Å². The average molecular weight is 383 g/mol. The Hall–Kier alpha value is -2.97. The molecule has 0 aliphatic rings. The van der Waals surface area contributed by atoms with Crippen molar-refractivity contribution in [2.24, 2.45) is 5.10 Å². The molecule has 0 atom stereocenters. The highest BCUT2D eigenvalue weighted by Crippen LogP contribution is 2.33. The summed E-state index contributed by atoms with van der Waals surface area (Å²) in [4.78, 5) is 18.9. The van der Waals surface area contributed by atoms with E-state index in [1.807, 2.05) is 22.9 Å². The number of phenols is 1.